The summed E-state index contributed by atoms with van der Waals surface area (Å²) in [5.74, 6) is -1.38. The molecule has 2 N–H and O–H groups in total. The molecule has 0 aromatic carbocycles. The fourth-order valence-electron chi connectivity index (χ4n) is 1.33. The zero-order chi connectivity index (χ0) is 10.3. The number of carboxylic acids is 1. The van der Waals surface area contributed by atoms with Crippen LogP contribution in [0.25, 0.3) is 11.0 Å². The Kier molecular flexibility index (Phi) is 3.33. The summed E-state index contributed by atoms with van der Waals surface area (Å²) in [6.45, 7) is 1.64. The van der Waals surface area contributed by atoms with Crippen molar-refractivity contribution in [2.45, 2.75) is 6.92 Å². The van der Waals surface area contributed by atoms with Gasteiger partial charge in [0.2, 0.25) is 0 Å². The van der Waals surface area contributed by atoms with Gasteiger partial charge in [-0.25, -0.2) is 4.98 Å². The Balaban J connectivity index is 0.00000112. The normalized spacial score (nSPS) is 9.93. The summed E-state index contributed by atoms with van der Waals surface area (Å²) in [6.07, 6.45) is 0. The van der Waals surface area contributed by atoms with E-state index in [4.69, 9.17) is 0 Å². The maximum Gasteiger partial charge on any atom is 1.00 e. The molecular weight excluding hydrogens is 209 g/mol. The van der Waals surface area contributed by atoms with Crippen molar-refractivity contribution in [1.29, 1.82) is 0 Å². The molecule has 0 aliphatic heterocycles. The summed E-state index contributed by atoms with van der Waals surface area (Å²) in [6, 6.07) is 1.31. The number of aromatic nitrogens is 3. The number of carboxylic acid groups (broad SMARTS) is 1. The Morgan fingerprint density at radius 2 is 2.13 bits per heavy atom. The summed E-state index contributed by atoms with van der Waals surface area (Å²) < 4.78 is 0. The molecule has 72 valence electrons. The zero-order valence-electron chi connectivity index (χ0n) is 8.25. The molecule has 0 spiro atoms. The summed E-state index contributed by atoms with van der Waals surface area (Å²) in [4.78, 5) is 25.9. The number of aromatic amines is 2. The molecule has 6 nitrogen and oxygen atoms in total. The van der Waals surface area contributed by atoms with Crippen LogP contribution in [0.2, 0.25) is 0 Å². The van der Waals surface area contributed by atoms with E-state index in [1.807, 2.05) is 0 Å². The van der Waals surface area contributed by atoms with Gasteiger partial charge in [0.15, 0.2) is 5.65 Å². The van der Waals surface area contributed by atoms with Crippen LogP contribution in [0.3, 0.4) is 0 Å². The minimum atomic E-state index is -1.38. The fourth-order valence-corrected chi connectivity index (χ4v) is 1.33. The summed E-state index contributed by atoms with van der Waals surface area (Å²) >= 11 is 0. The van der Waals surface area contributed by atoms with E-state index in [-0.39, 0.29) is 46.2 Å². The first-order valence-electron chi connectivity index (χ1n) is 3.89. The second-order valence-corrected chi connectivity index (χ2v) is 2.90. The second-order valence-electron chi connectivity index (χ2n) is 2.90. The van der Waals surface area contributed by atoms with Crippen LogP contribution in [0.4, 0.5) is 0 Å². The van der Waals surface area contributed by atoms with E-state index >= 15 is 0 Å². The Morgan fingerprint density at radius 1 is 1.47 bits per heavy atom. The van der Waals surface area contributed by atoms with Gasteiger partial charge in [-0.05, 0) is 13.0 Å². The Labute approximate surface area is 106 Å². The van der Waals surface area contributed by atoms with Gasteiger partial charge >= 0.3 is 29.6 Å². The van der Waals surface area contributed by atoms with Gasteiger partial charge < -0.3 is 9.90 Å². The Morgan fingerprint density at radius 3 is 2.73 bits per heavy atom. The number of carbonyl (C=O) groups is 1. The maximum absolute atomic E-state index is 11.2. The van der Waals surface area contributed by atoms with Crippen LogP contribution in [-0.4, -0.2) is 21.2 Å². The summed E-state index contributed by atoms with van der Waals surface area (Å²) in [7, 11) is 0. The maximum atomic E-state index is 11.2. The first kappa shape index (κ1) is 12.0. The van der Waals surface area contributed by atoms with Crippen LogP contribution in [0.15, 0.2) is 10.9 Å². The number of H-pyrrole nitrogens is 2. The number of nitrogens with zero attached hydrogens (tertiary/aromatic N) is 1. The second kappa shape index (κ2) is 4.18. The van der Waals surface area contributed by atoms with Crippen LogP contribution < -0.4 is 40.2 Å². The Bertz CT molecular complexity index is 572. The number of aromatic carboxylic acids is 1. The third-order valence-corrected chi connectivity index (χ3v) is 1.89. The summed E-state index contributed by atoms with van der Waals surface area (Å²) in [5, 5.41) is 15.5. The third kappa shape index (κ3) is 1.97. The number of nitrogens with one attached hydrogen (secondary N) is 2. The van der Waals surface area contributed by atoms with Gasteiger partial charge in [-0.15, -0.1) is 0 Å². The average Bonchev–Trinajstić information content (AvgIpc) is 2.46. The van der Waals surface area contributed by atoms with Gasteiger partial charge in [-0.3, -0.25) is 15.0 Å². The van der Waals surface area contributed by atoms with E-state index in [9.17, 15) is 14.7 Å². The van der Waals surface area contributed by atoms with E-state index in [2.05, 4.69) is 15.2 Å². The van der Waals surface area contributed by atoms with E-state index in [1.54, 1.807) is 6.92 Å². The van der Waals surface area contributed by atoms with Crippen LogP contribution in [0.5, 0.6) is 0 Å². The van der Waals surface area contributed by atoms with Gasteiger partial charge in [-0.2, -0.15) is 0 Å². The van der Waals surface area contributed by atoms with E-state index in [1.165, 1.54) is 6.07 Å². The smallest absolute Gasteiger partial charge is 0.545 e. The van der Waals surface area contributed by atoms with Crippen molar-refractivity contribution in [2.75, 3.05) is 0 Å². The van der Waals surface area contributed by atoms with Gasteiger partial charge in [0.1, 0.15) is 0 Å². The molecule has 15 heavy (non-hydrogen) atoms. The monoisotopic (exact) mass is 215 g/mol. The van der Waals surface area contributed by atoms with Crippen LogP contribution >= 0.6 is 0 Å². The van der Waals surface area contributed by atoms with Crippen molar-refractivity contribution in [3.05, 3.63) is 27.7 Å². The molecule has 0 atom stereocenters. The van der Waals surface area contributed by atoms with E-state index in [0.717, 1.165) is 0 Å². The number of hydrogen-bond acceptors (Lipinski definition) is 4. The number of pyridine rings is 1. The molecule has 0 amide bonds. The molecule has 2 aromatic heterocycles. The number of carbonyl (C=O) groups excluding carboxylic acids is 1. The first-order valence-corrected chi connectivity index (χ1v) is 3.89. The standard InChI is InChI=1S/C8H7N3O3.Na/c1-3-2-4(8(13)14)5-6(9-3)10-11-7(5)12;/h2H,1H3,(H,13,14)(H2,9,10,11,12);/q;+1/p-1. The molecule has 0 saturated heterocycles. The molecule has 0 bridgehead atoms. The van der Waals surface area contributed by atoms with Gasteiger partial charge in [-0.1, -0.05) is 0 Å². The minimum absolute atomic E-state index is 0. The molecular formula is C8H6N3NaO3. The molecule has 7 heteroatoms. The quantitative estimate of drug-likeness (QED) is 0.472. The SMILES string of the molecule is Cc1cc(C(=O)[O-])c2c(=O)[nH][nH]c2n1.[Na+]. The number of aryl methyl sites for hydroxylation is 1. The molecule has 0 fully saturated rings. The van der Waals surface area contributed by atoms with Gasteiger partial charge in [0.25, 0.3) is 5.56 Å². The van der Waals surface area contributed by atoms with Crippen molar-refractivity contribution in [3.63, 3.8) is 0 Å². The first-order chi connectivity index (χ1) is 6.59. The van der Waals surface area contributed by atoms with Crippen LogP contribution in [0.1, 0.15) is 16.1 Å². The topological polar surface area (TPSA) is 102 Å². The Hall–Kier alpha value is -1.11. The van der Waals surface area contributed by atoms with Crippen molar-refractivity contribution in [3.8, 4) is 0 Å². The predicted octanol–water partition coefficient (Wildman–Crippen LogP) is -4.07. The largest absolute Gasteiger partial charge is 1.00 e. The van der Waals surface area contributed by atoms with Gasteiger partial charge in [0, 0.05) is 11.3 Å². The molecule has 2 aromatic rings. The molecule has 0 radical (unpaired) electrons. The van der Waals surface area contributed by atoms with Crippen molar-refractivity contribution in [1.82, 2.24) is 15.2 Å². The van der Waals surface area contributed by atoms with Crippen molar-refractivity contribution in [2.24, 2.45) is 0 Å². The van der Waals surface area contributed by atoms with Crippen LogP contribution in [0, 0.1) is 6.92 Å². The third-order valence-electron chi connectivity index (χ3n) is 1.89. The minimum Gasteiger partial charge on any atom is -0.545 e. The molecule has 0 saturated carbocycles. The molecule has 2 rings (SSSR count). The fraction of sp³-hybridized carbons (Fsp3) is 0.125. The summed E-state index contributed by atoms with van der Waals surface area (Å²) in [5.41, 5.74) is 0.0860. The van der Waals surface area contributed by atoms with Gasteiger partial charge in [0.05, 0.1) is 11.4 Å². The number of rotatable bonds is 1. The average molecular weight is 215 g/mol. The predicted molar refractivity (Wildman–Crippen MR) is 45.8 cm³/mol. The van der Waals surface area contributed by atoms with Crippen LogP contribution in [-0.2, 0) is 0 Å². The van der Waals surface area contributed by atoms with Crippen molar-refractivity contribution < 1.29 is 39.5 Å². The molecule has 0 unspecified atom stereocenters. The molecule has 0 aliphatic rings. The van der Waals surface area contributed by atoms with E-state index < -0.39 is 11.5 Å². The molecule has 2 heterocycles. The van der Waals surface area contributed by atoms with E-state index in [0.29, 0.717) is 5.69 Å². The number of fused-ring (bicyclic) bond motifs is 1. The van der Waals surface area contributed by atoms with Crippen molar-refractivity contribution >= 4 is 17.0 Å². The number of hydrogen-bond donors (Lipinski definition) is 2. The molecule has 0 aliphatic carbocycles. The zero-order valence-corrected chi connectivity index (χ0v) is 10.2.